The number of hydrogen-bond donors (Lipinski definition) is 5. The van der Waals surface area contributed by atoms with Crippen LogP contribution in [-0.4, -0.2) is 49.1 Å². The first-order valence-corrected chi connectivity index (χ1v) is 12.5. The molecule has 0 amide bonds. The van der Waals surface area contributed by atoms with Crippen molar-refractivity contribution in [1.29, 1.82) is 0 Å². The topological polar surface area (TPSA) is 125 Å². The first kappa shape index (κ1) is 23.6. The second-order valence-corrected chi connectivity index (χ2v) is 10.8. The molecular formula is C26H30N5O3S+. The zero-order valence-electron chi connectivity index (χ0n) is 19.9. The number of fused-ring (bicyclic) bond motifs is 1. The Kier molecular flexibility index (Phi) is 6.18. The van der Waals surface area contributed by atoms with E-state index in [1.54, 1.807) is 25.2 Å². The van der Waals surface area contributed by atoms with E-state index in [2.05, 4.69) is 15.6 Å². The van der Waals surface area contributed by atoms with Crippen LogP contribution in [-0.2, 0) is 0 Å². The number of aryl methyl sites for hydroxylation is 1. The van der Waals surface area contributed by atoms with E-state index >= 15 is 0 Å². The Balaban J connectivity index is 1.52. The molecule has 2 aromatic carbocycles. The number of nitrogens with zero attached hydrogens (tertiary/aromatic N) is 2. The van der Waals surface area contributed by atoms with Crippen LogP contribution in [0.5, 0.6) is 0 Å². The molecule has 1 fully saturated rings. The van der Waals surface area contributed by atoms with Crippen molar-refractivity contribution in [2.45, 2.75) is 51.0 Å². The van der Waals surface area contributed by atoms with Gasteiger partial charge in [-0.2, -0.15) is 0 Å². The fourth-order valence-electron chi connectivity index (χ4n) is 4.65. The molecule has 35 heavy (non-hydrogen) atoms. The maximum atomic E-state index is 10.8. The normalized spacial score (nSPS) is 22.5. The molecule has 4 aromatic rings. The van der Waals surface area contributed by atoms with Crippen molar-refractivity contribution >= 4 is 39.0 Å². The number of para-hydroxylation sites is 1. The van der Waals surface area contributed by atoms with E-state index in [0.717, 1.165) is 32.0 Å². The standard InChI is InChI=1S/C26H29N5O3S/c1-14-7-6-8-15(11-14)28-25-27-13-16(24-30-18-9-4-5-10-20(18)35-24)23(31-25)29-19-12-17(26(2,3)34)21(32)22(19)33/h4-11,13,17,19,21-22,32-34H,12H2,1-3H3,(H2,27,28,29,31)/p+1/t17-,19+,21+,22-/m0/s1. The summed E-state index contributed by atoms with van der Waals surface area (Å²) < 4.78 is 1.06. The van der Waals surface area contributed by atoms with Gasteiger partial charge in [-0.15, -0.1) is 11.3 Å². The fourth-order valence-corrected chi connectivity index (χ4v) is 5.63. The van der Waals surface area contributed by atoms with Crippen LogP contribution in [0.15, 0.2) is 54.7 Å². The summed E-state index contributed by atoms with van der Waals surface area (Å²) in [5.74, 6) is 0.585. The summed E-state index contributed by atoms with van der Waals surface area (Å²) in [6.07, 6.45) is 0.148. The molecule has 1 aliphatic carbocycles. The predicted molar refractivity (Wildman–Crippen MR) is 138 cm³/mol. The number of H-pyrrole nitrogens is 1. The molecule has 2 heterocycles. The summed E-state index contributed by atoms with van der Waals surface area (Å²) in [6, 6.07) is 15.4. The number of nitrogens with one attached hydrogen (secondary N) is 3. The lowest BCUT2D eigenvalue weighted by Crippen LogP contribution is -2.40. The van der Waals surface area contributed by atoms with E-state index in [1.165, 1.54) is 0 Å². The Hall–Kier alpha value is -3.11. The van der Waals surface area contributed by atoms with Gasteiger partial charge in [0.2, 0.25) is 5.82 Å². The number of benzene rings is 2. The second kappa shape index (κ2) is 9.16. The minimum Gasteiger partial charge on any atom is -0.390 e. The van der Waals surface area contributed by atoms with Gasteiger partial charge in [0.25, 0.3) is 0 Å². The minimum atomic E-state index is -1.12. The Labute approximate surface area is 207 Å². The highest BCUT2D eigenvalue weighted by Crippen LogP contribution is 2.38. The molecule has 0 bridgehead atoms. The summed E-state index contributed by atoms with van der Waals surface area (Å²) in [6.45, 7) is 5.33. The quantitative estimate of drug-likeness (QED) is 0.279. The Bertz CT molecular complexity index is 1320. The first-order valence-electron chi connectivity index (χ1n) is 11.7. The van der Waals surface area contributed by atoms with E-state index in [-0.39, 0.29) is 0 Å². The van der Waals surface area contributed by atoms with E-state index in [1.807, 2.05) is 61.7 Å². The molecule has 9 heteroatoms. The number of thiazole rings is 1. The largest absolute Gasteiger partial charge is 0.396 e. The van der Waals surface area contributed by atoms with Gasteiger partial charge in [-0.1, -0.05) is 29.2 Å². The summed E-state index contributed by atoms with van der Waals surface area (Å²) in [5.41, 5.74) is 2.56. The highest BCUT2D eigenvalue weighted by atomic mass is 32.1. The Morgan fingerprint density at radius 1 is 1.06 bits per heavy atom. The number of aromatic nitrogens is 3. The van der Waals surface area contributed by atoms with Crippen LogP contribution in [0.1, 0.15) is 25.8 Å². The van der Waals surface area contributed by atoms with Crippen molar-refractivity contribution in [3.63, 3.8) is 0 Å². The number of hydrogen-bond acceptors (Lipinski definition) is 8. The molecule has 8 nitrogen and oxygen atoms in total. The maximum Gasteiger partial charge on any atom is 0.396 e. The van der Waals surface area contributed by atoms with Crippen LogP contribution in [0, 0.1) is 12.8 Å². The average Bonchev–Trinajstić information content (AvgIpc) is 3.36. The third-order valence-corrected chi connectivity index (χ3v) is 7.62. The van der Waals surface area contributed by atoms with Crippen molar-refractivity contribution in [2.75, 3.05) is 10.6 Å². The summed E-state index contributed by atoms with van der Waals surface area (Å²) in [5, 5.41) is 39.3. The third kappa shape index (κ3) is 4.85. The van der Waals surface area contributed by atoms with Gasteiger partial charge in [0.1, 0.15) is 16.7 Å². The Morgan fingerprint density at radius 3 is 2.57 bits per heavy atom. The van der Waals surface area contributed by atoms with E-state index in [4.69, 9.17) is 9.97 Å². The molecule has 4 atom stereocenters. The number of anilines is 3. The smallest absolute Gasteiger partial charge is 0.390 e. The lowest BCUT2D eigenvalue weighted by atomic mass is 9.88. The van der Waals surface area contributed by atoms with Gasteiger partial charge in [-0.05, 0) is 57.0 Å². The summed E-state index contributed by atoms with van der Waals surface area (Å²) >= 11 is 1.56. The van der Waals surface area contributed by atoms with Crippen molar-refractivity contribution in [3.05, 3.63) is 60.3 Å². The summed E-state index contributed by atoms with van der Waals surface area (Å²) in [4.78, 5) is 12.8. The number of aliphatic hydroxyl groups is 3. The monoisotopic (exact) mass is 492 g/mol. The summed E-state index contributed by atoms with van der Waals surface area (Å²) in [7, 11) is 0. The van der Waals surface area contributed by atoms with E-state index in [0.29, 0.717) is 18.2 Å². The molecular weight excluding hydrogens is 462 g/mol. The lowest BCUT2D eigenvalue weighted by molar-refractivity contribution is -0.363. The van der Waals surface area contributed by atoms with Gasteiger partial charge >= 0.3 is 5.95 Å². The van der Waals surface area contributed by atoms with Crippen LogP contribution < -0.4 is 15.6 Å². The van der Waals surface area contributed by atoms with Crippen LogP contribution in [0.2, 0.25) is 0 Å². The number of aliphatic hydroxyl groups excluding tert-OH is 2. The van der Waals surface area contributed by atoms with E-state index in [9.17, 15) is 15.3 Å². The van der Waals surface area contributed by atoms with Crippen molar-refractivity contribution in [2.24, 2.45) is 5.92 Å². The van der Waals surface area contributed by atoms with Gasteiger partial charge in [0.05, 0.1) is 39.8 Å². The number of rotatable bonds is 6. The zero-order chi connectivity index (χ0) is 24.7. The highest BCUT2D eigenvalue weighted by Gasteiger charge is 2.48. The molecule has 0 aliphatic heterocycles. The fraction of sp³-hybridized carbons (Fsp3) is 0.346. The number of aromatic amines is 1. The molecule has 1 saturated carbocycles. The molecule has 6 N–H and O–H groups in total. The van der Waals surface area contributed by atoms with Gasteiger partial charge in [0, 0.05) is 5.92 Å². The van der Waals surface area contributed by atoms with Crippen molar-refractivity contribution < 1.29 is 20.3 Å². The van der Waals surface area contributed by atoms with Crippen LogP contribution in [0.3, 0.4) is 0 Å². The lowest BCUT2D eigenvalue weighted by Gasteiger charge is -2.28. The van der Waals surface area contributed by atoms with E-state index < -0.39 is 29.8 Å². The zero-order valence-corrected chi connectivity index (χ0v) is 20.7. The average molecular weight is 493 g/mol. The predicted octanol–water partition coefficient (Wildman–Crippen LogP) is 3.52. The highest BCUT2D eigenvalue weighted by molar-refractivity contribution is 7.21. The van der Waals surface area contributed by atoms with Crippen molar-refractivity contribution in [3.8, 4) is 10.6 Å². The molecule has 0 radical (unpaired) electrons. The maximum absolute atomic E-state index is 10.8. The minimum absolute atomic E-state index is 0.395. The second-order valence-electron chi connectivity index (χ2n) is 9.72. The molecule has 0 spiro atoms. The third-order valence-electron chi connectivity index (χ3n) is 6.55. The van der Waals surface area contributed by atoms with Gasteiger partial charge in [0.15, 0.2) is 0 Å². The molecule has 0 saturated heterocycles. The van der Waals surface area contributed by atoms with Crippen LogP contribution in [0.4, 0.5) is 17.5 Å². The van der Waals surface area contributed by atoms with Crippen LogP contribution >= 0.6 is 11.3 Å². The molecule has 182 valence electrons. The van der Waals surface area contributed by atoms with Gasteiger partial charge in [-0.3, -0.25) is 0 Å². The van der Waals surface area contributed by atoms with Gasteiger partial charge in [-0.25, -0.2) is 15.3 Å². The molecule has 2 aromatic heterocycles. The Morgan fingerprint density at radius 2 is 1.86 bits per heavy atom. The SMILES string of the molecule is Cc1cccc(Nc2nc(N[C@@H]3C[C@H](C(C)(C)O)[C@@H](O)[C@H]3O)c(-c3nc4ccccc4s3)c[nH+]2)c1. The van der Waals surface area contributed by atoms with Crippen molar-refractivity contribution in [1.82, 2.24) is 9.97 Å². The molecule has 0 unspecified atom stereocenters. The molecule has 1 aliphatic rings. The van der Waals surface area contributed by atoms with Gasteiger partial charge < -0.3 is 20.6 Å². The molecule has 5 rings (SSSR count). The first-order chi connectivity index (χ1) is 16.7. The van der Waals surface area contributed by atoms with Crippen LogP contribution in [0.25, 0.3) is 20.8 Å².